The molecule has 112 valence electrons. The van der Waals surface area contributed by atoms with Crippen LogP contribution < -0.4 is 5.32 Å². The van der Waals surface area contributed by atoms with Gasteiger partial charge >= 0.3 is 0 Å². The fraction of sp³-hybridized carbons (Fsp3) is 0.625. The molecular weight excluding hydrogens is 319 g/mol. The van der Waals surface area contributed by atoms with Gasteiger partial charge in [0.25, 0.3) is 0 Å². The van der Waals surface area contributed by atoms with Crippen molar-refractivity contribution in [3.63, 3.8) is 0 Å². The molecule has 0 spiro atoms. The van der Waals surface area contributed by atoms with E-state index in [-0.39, 0.29) is 5.82 Å². The number of anilines is 1. The van der Waals surface area contributed by atoms with E-state index in [2.05, 4.69) is 40.0 Å². The Labute approximate surface area is 129 Å². The second kappa shape index (κ2) is 7.41. The maximum absolute atomic E-state index is 13.5. The summed E-state index contributed by atoms with van der Waals surface area (Å²) in [6, 6.07) is 5.64. The third kappa shape index (κ3) is 4.19. The second-order valence-electron chi connectivity index (χ2n) is 5.74. The van der Waals surface area contributed by atoms with E-state index in [4.69, 9.17) is 0 Å². The van der Waals surface area contributed by atoms with Crippen LogP contribution in [0.1, 0.15) is 33.1 Å². The molecule has 0 aromatic heterocycles. The molecule has 2 nitrogen and oxygen atoms in total. The lowest BCUT2D eigenvalue weighted by molar-refractivity contribution is 0.176. The zero-order chi connectivity index (χ0) is 14.5. The first-order valence-electron chi connectivity index (χ1n) is 7.54. The van der Waals surface area contributed by atoms with E-state index in [0.29, 0.717) is 16.4 Å². The molecule has 1 aliphatic rings. The maximum atomic E-state index is 13.5. The van der Waals surface area contributed by atoms with Gasteiger partial charge in [0.15, 0.2) is 0 Å². The predicted molar refractivity (Wildman–Crippen MR) is 86.6 cm³/mol. The van der Waals surface area contributed by atoms with E-state index in [0.717, 1.165) is 5.69 Å². The van der Waals surface area contributed by atoms with Crippen molar-refractivity contribution in [1.29, 1.82) is 0 Å². The lowest BCUT2D eigenvalue weighted by Crippen LogP contribution is -2.39. The molecule has 1 saturated heterocycles. The average Bonchev–Trinajstić information content (AvgIpc) is 2.44. The summed E-state index contributed by atoms with van der Waals surface area (Å²) in [5.74, 6) is 0.467. The van der Waals surface area contributed by atoms with E-state index in [1.807, 2.05) is 6.07 Å². The molecule has 0 aliphatic carbocycles. The van der Waals surface area contributed by atoms with Crippen LogP contribution in [0.3, 0.4) is 0 Å². The fourth-order valence-corrected chi connectivity index (χ4v) is 3.21. The molecule has 0 bridgehead atoms. The van der Waals surface area contributed by atoms with Crippen molar-refractivity contribution in [3.05, 3.63) is 28.5 Å². The first kappa shape index (κ1) is 15.8. The molecule has 20 heavy (non-hydrogen) atoms. The van der Waals surface area contributed by atoms with Gasteiger partial charge in [0.05, 0.1) is 4.47 Å². The van der Waals surface area contributed by atoms with Gasteiger partial charge in [0.1, 0.15) is 5.82 Å². The molecule has 1 aliphatic heterocycles. The Balaban J connectivity index is 1.86. The summed E-state index contributed by atoms with van der Waals surface area (Å²) >= 11 is 3.19. The zero-order valence-corrected chi connectivity index (χ0v) is 13.9. The van der Waals surface area contributed by atoms with Crippen LogP contribution in [0.5, 0.6) is 0 Å². The van der Waals surface area contributed by atoms with Crippen LogP contribution in [0.2, 0.25) is 0 Å². The summed E-state index contributed by atoms with van der Waals surface area (Å²) in [7, 11) is 0. The molecule has 1 heterocycles. The molecule has 0 radical (unpaired) electrons. The van der Waals surface area contributed by atoms with E-state index in [1.165, 1.54) is 38.9 Å². The monoisotopic (exact) mass is 342 g/mol. The second-order valence-corrected chi connectivity index (χ2v) is 6.60. The fourth-order valence-electron chi connectivity index (χ4n) is 2.96. The van der Waals surface area contributed by atoms with Gasteiger partial charge in [-0.05, 0) is 85.9 Å². The number of hydrogen-bond acceptors (Lipinski definition) is 2. The zero-order valence-electron chi connectivity index (χ0n) is 12.3. The van der Waals surface area contributed by atoms with E-state index in [1.54, 1.807) is 12.1 Å². The lowest BCUT2D eigenvalue weighted by Gasteiger charge is -2.35. The summed E-state index contributed by atoms with van der Waals surface area (Å²) < 4.78 is 14.0. The predicted octanol–water partition coefficient (Wildman–Crippen LogP) is 4.51. The van der Waals surface area contributed by atoms with Gasteiger partial charge in [0.2, 0.25) is 0 Å². The summed E-state index contributed by atoms with van der Waals surface area (Å²) in [6.07, 6.45) is 3.69. The van der Waals surface area contributed by atoms with Gasteiger partial charge < -0.3 is 10.2 Å². The lowest BCUT2D eigenvalue weighted by atomic mass is 9.90. The van der Waals surface area contributed by atoms with Gasteiger partial charge in [-0.2, -0.15) is 0 Å². The van der Waals surface area contributed by atoms with Crippen LogP contribution in [-0.4, -0.2) is 30.6 Å². The van der Waals surface area contributed by atoms with Crippen molar-refractivity contribution in [3.8, 4) is 0 Å². The van der Waals surface area contributed by atoms with Crippen molar-refractivity contribution >= 4 is 21.6 Å². The van der Waals surface area contributed by atoms with Gasteiger partial charge in [-0.3, -0.25) is 0 Å². The molecule has 1 atom stereocenters. The van der Waals surface area contributed by atoms with Gasteiger partial charge in [-0.15, -0.1) is 0 Å². The molecule has 4 heteroatoms. The highest BCUT2D eigenvalue weighted by molar-refractivity contribution is 9.10. The molecule has 1 fully saturated rings. The van der Waals surface area contributed by atoms with Crippen LogP contribution in [-0.2, 0) is 0 Å². The third-order valence-corrected chi connectivity index (χ3v) is 4.84. The van der Waals surface area contributed by atoms with Crippen LogP contribution in [0.15, 0.2) is 22.7 Å². The van der Waals surface area contributed by atoms with Crippen molar-refractivity contribution in [2.24, 2.45) is 5.92 Å². The largest absolute Gasteiger partial charge is 0.382 e. The molecule has 0 amide bonds. The number of likely N-dealkylation sites (tertiary alicyclic amines) is 1. The minimum Gasteiger partial charge on any atom is -0.382 e. The Morgan fingerprint density at radius 1 is 1.40 bits per heavy atom. The average molecular weight is 343 g/mol. The number of benzene rings is 1. The first-order valence-corrected chi connectivity index (χ1v) is 8.33. The first-order chi connectivity index (χ1) is 9.60. The quantitative estimate of drug-likeness (QED) is 0.846. The highest BCUT2D eigenvalue weighted by atomic mass is 79.9. The number of rotatable bonds is 5. The summed E-state index contributed by atoms with van der Waals surface area (Å²) in [5, 5.41) is 3.45. The number of nitrogens with zero attached hydrogens (tertiary/aromatic N) is 1. The van der Waals surface area contributed by atoms with E-state index < -0.39 is 0 Å². The molecule has 1 unspecified atom stereocenters. The van der Waals surface area contributed by atoms with Crippen molar-refractivity contribution in [2.45, 2.75) is 39.2 Å². The Morgan fingerprint density at radius 2 is 2.10 bits per heavy atom. The van der Waals surface area contributed by atoms with Gasteiger partial charge in [0, 0.05) is 11.7 Å². The van der Waals surface area contributed by atoms with Crippen LogP contribution in [0, 0.1) is 11.7 Å². The minimum atomic E-state index is -0.208. The number of hydrogen-bond donors (Lipinski definition) is 1. The number of halogens is 2. The molecule has 1 N–H and O–H groups in total. The molecular formula is C16H24BrFN2. The normalized spacial score (nSPS) is 19.0. The van der Waals surface area contributed by atoms with Crippen molar-refractivity contribution in [1.82, 2.24) is 4.90 Å². The summed E-state index contributed by atoms with van der Waals surface area (Å²) in [5.41, 5.74) is 0.870. The van der Waals surface area contributed by atoms with E-state index in [9.17, 15) is 4.39 Å². The standard InChI is InChI=1S/C16H24BrFN2/c1-3-8-20-9-6-13(7-10-20)12(2)19-14-4-5-15(17)16(18)11-14/h4-5,11-13,19H,3,6-10H2,1-2H3. The molecule has 1 aromatic carbocycles. The maximum Gasteiger partial charge on any atom is 0.139 e. The van der Waals surface area contributed by atoms with Crippen molar-refractivity contribution < 1.29 is 4.39 Å². The highest BCUT2D eigenvalue weighted by Crippen LogP contribution is 2.25. The highest BCUT2D eigenvalue weighted by Gasteiger charge is 2.23. The smallest absolute Gasteiger partial charge is 0.139 e. The topological polar surface area (TPSA) is 15.3 Å². The Kier molecular flexibility index (Phi) is 5.85. The Bertz CT molecular complexity index is 430. The van der Waals surface area contributed by atoms with Gasteiger partial charge in [-0.25, -0.2) is 4.39 Å². The molecule has 0 saturated carbocycles. The summed E-state index contributed by atoms with van der Waals surface area (Å²) in [4.78, 5) is 2.54. The molecule has 1 aromatic rings. The minimum absolute atomic E-state index is 0.208. The van der Waals surface area contributed by atoms with Gasteiger partial charge in [-0.1, -0.05) is 6.92 Å². The Hall–Kier alpha value is -0.610. The Morgan fingerprint density at radius 3 is 2.70 bits per heavy atom. The van der Waals surface area contributed by atoms with Crippen LogP contribution in [0.4, 0.5) is 10.1 Å². The summed E-state index contributed by atoms with van der Waals surface area (Å²) in [6.45, 7) is 8.04. The number of piperidine rings is 1. The van der Waals surface area contributed by atoms with Crippen molar-refractivity contribution in [2.75, 3.05) is 25.0 Å². The SMILES string of the molecule is CCCN1CCC(C(C)Nc2ccc(Br)c(F)c2)CC1. The van der Waals surface area contributed by atoms with E-state index >= 15 is 0 Å². The van der Waals surface area contributed by atoms with Crippen LogP contribution in [0.25, 0.3) is 0 Å². The third-order valence-electron chi connectivity index (χ3n) is 4.19. The number of nitrogens with one attached hydrogen (secondary N) is 1. The molecule has 2 rings (SSSR count). The van der Waals surface area contributed by atoms with Crippen LogP contribution >= 0.6 is 15.9 Å².